The van der Waals surface area contributed by atoms with Crippen LogP contribution in [0.25, 0.3) is 0 Å². The SMILES string of the molecule is CCNc1ccc(C(=O)N2CCOCC23CCOCC3)cn1. The normalized spacial score (nSPS) is 20.9. The van der Waals surface area contributed by atoms with Crippen molar-refractivity contribution < 1.29 is 14.3 Å². The number of morpholine rings is 1. The van der Waals surface area contributed by atoms with Crippen LogP contribution in [0.4, 0.5) is 5.82 Å². The van der Waals surface area contributed by atoms with E-state index in [0.29, 0.717) is 38.5 Å². The molecule has 0 atom stereocenters. The third-order valence-corrected chi connectivity index (χ3v) is 4.44. The fourth-order valence-electron chi connectivity index (χ4n) is 3.18. The summed E-state index contributed by atoms with van der Waals surface area (Å²) in [6, 6.07) is 3.70. The number of nitrogens with zero attached hydrogens (tertiary/aromatic N) is 2. The summed E-state index contributed by atoms with van der Waals surface area (Å²) < 4.78 is 11.1. The third-order valence-electron chi connectivity index (χ3n) is 4.44. The van der Waals surface area contributed by atoms with Crippen molar-refractivity contribution in [3.8, 4) is 0 Å². The van der Waals surface area contributed by atoms with Crippen LogP contribution in [0.2, 0.25) is 0 Å². The molecule has 22 heavy (non-hydrogen) atoms. The van der Waals surface area contributed by atoms with Gasteiger partial charge in [0.2, 0.25) is 0 Å². The minimum Gasteiger partial charge on any atom is -0.381 e. The highest BCUT2D eigenvalue weighted by Gasteiger charge is 2.43. The van der Waals surface area contributed by atoms with Gasteiger partial charge in [0, 0.05) is 32.5 Å². The van der Waals surface area contributed by atoms with Gasteiger partial charge < -0.3 is 19.7 Å². The first-order valence-corrected chi connectivity index (χ1v) is 7.92. The van der Waals surface area contributed by atoms with Crippen molar-refractivity contribution in [3.05, 3.63) is 23.9 Å². The molecule has 6 heteroatoms. The van der Waals surface area contributed by atoms with Gasteiger partial charge in [-0.3, -0.25) is 4.79 Å². The molecule has 0 radical (unpaired) electrons. The van der Waals surface area contributed by atoms with E-state index in [2.05, 4.69) is 10.3 Å². The number of carbonyl (C=O) groups excluding carboxylic acids is 1. The predicted molar refractivity (Wildman–Crippen MR) is 83.0 cm³/mol. The Morgan fingerprint density at radius 3 is 2.82 bits per heavy atom. The van der Waals surface area contributed by atoms with Gasteiger partial charge in [0.1, 0.15) is 5.82 Å². The van der Waals surface area contributed by atoms with E-state index >= 15 is 0 Å². The monoisotopic (exact) mass is 305 g/mol. The Labute approximate surface area is 130 Å². The summed E-state index contributed by atoms with van der Waals surface area (Å²) in [5, 5.41) is 3.14. The average Bonchev–Trinajstić information content (AvgIpc) is 2.56. The molecule has 120 valence electrons. The molecule has 1 aromatic heterocycles. The molecule has 1 N–H and O–H groups in total. The first kappa shape index (κ1) is 15.2. The highest BCUT2D eigenvalue weighted by molar-refractivity contribution is 5.94. The van der Waals surface area contributed by atoms with Gasteiger partial charge in [-0.1, -0.05) is 0 Å². The van der Waals surface area contributed by atoms with Crippen LogP contribution in [0.1, 0.15) is 30.1 Å². The van der Waals surface area contributed by atoms with E-state index in [0.717, 1.165) is 25.2 Å². The number of nitrogens with one attached hydrogen (secondary N) is 1. The van der Waals surface area contributed by atoms with Gasteiger partial charge in [0.25, 0.3) is 5.91 Å². The van der Waals surface area contributed by atoms with Crippen molar-refractivity contribution >= 4 is 11.7 Å². The van der Waals surface area contributed by atoms with Crippen LogP contribution in [0.15, 0.2) is 18.3 Å². The predicted octanol–water partition coefficient (Wildman–Crippen LogP) is 1.53. The number of rotatable bonds is 3. The Balaban J connectivity index is 1.79. The lowest BCUT2D eigenvalue weighted by atomic mass is 9.87. The number of carbonyl (C=O) groups is 1. The zero-order valence-corrected chi connectivity index (χ0v) is 13.0. The van der Waals surface area contributed by atoms with Crippen molar-refractivity contribution in [3.63, 3.8) is 0 Å². The van der Waals surface area contributed by atoms with Crippen molar-refractivity contribution in [1.29, 1.82) is 0 Å². The van der Waals surface area contributed by atoms with Gasteiger partial charge in [0.15, 0.2) is 0 Å². The molecular weight excluding hydrogens is 282 g/mol. The fraction of sp³-hybridized carbons (Fsp3) is 0.625. The Morgan fingerprint density at radius 1 is 1.32 bits per heavy atom. The Hall–Kier alpha value is -1.66. The quantitative estimate of drug-likeness (QED) is 0.917. The summed E-state index contributed by atoms with van der Waals surface area (Å²) in [6.07, 6.45) is 3.33. The highest BCUT2D eigenvalue weighted by Crippen LogP contribution is 2.32. The maximum absolute atomic E-state index is 12.9. The largest absolute Gasteiger partial charge is 0.381 e. The molecule has 3 heterocycles. The zero-order chi connectivity index (χ0) is 15.4. The van der Waals surface area contributed by atoms with Crippen LogP contribution in [-0.4, -0.2) is 60.8 Å². The maximum Gasteiger partial charge on any atom is 0.256 e. The second-order valence-electron chi connectivity index (χ2n) is 5.81. The summed E-state index contributed by atoms with van der Waals surface area (Å²) in [5.74, 6) is 0.836. The molecule has 1 aromatic rings. The molecule has 0 bridgehead atoms. The minimum absolute atomic E-state index is 0.0424. The van der Waals surface area contributed by atoms with E-state index in [1.807, 2.05) is 24.0 Å². The molecule has 2 aliphatic heterocycles. The van der Waals surface area contributed by atoms with Gasteiger partial charge in [-0.2, -0.15) is 0 Å². The summed E-state index contributed by atoms with van der Waals surface area (Å²) >= 11 is 0. The minimum atomic E-state index is -0.214. The molecule has 0 unspecified atom stereocenters. The van der Waals surface area contributed by atoms with Crippen LogP contribution >= 0.6 is 0 Å². The van der Waals surface area contributed by atoms with Crippen LogP contribution in [-0.2, 0) is 9.47 Å². The summed E-state index contributed by atoms with van der Waals surface area (Å²) in [4.78, 5) is 19.2. The van der Waals surface area contributed by atoms with Gasteiger partial charge in [-0.15, -0.1) is 0 Å². The topological polar surface area (TPSA) is 63.7 Å². The van der Waals surface area contributed by atoms with Crippen molar-refractivity contribution in [2.75, 3.05) is 44.8 Å². The van der Waals surface area contributed by atoms with Gasteiger partial charge >= 0.3 is 0 Å². The van der Waals surface area contributed by atoms with Crippen molar-refractivity contribution in [1.82, 2.24) is 9.88 Å². The summed E-state index contributed by atoms with van der Waals surface area (Å²) in [6.45, 7) is 6.03. The number of amides is 1. The molecular formula is C16H23N3O3. The number of anilines is 1. The first-order valence-electron chi connectivity index (χ1n) is 7.92. The number of hydrogen-bond acceptors (Lipinski definition) is 5. The molecule has 0 aromatic carbocycles. The lowest BCUT2D eigenvalue weighted by Gasteiger charge is -2.48. The molecule has 2 saturated heterocycles. The van der Waals surface area contributed by atoms with Gasteiger partial charge in [0.05, 0.1) is 24.3 Å². The molecule has 2 fully saturated rings. The molecule has 1 spiro atoms. The first-order chi connectivity index (χ1) is 10.7. The second-order valence-corrected chi connectivity index (χ2v) is 5.81. The molecule has 0 saturated carbocycles. The van der Waals surface area contributed by atoms with Gasteiger partial charge in [-0.05, 0) is 31.9 Å². The van der Waals surface area contributed by atoms with Crippen molar-refractivity contribution in [2.45, 2.75) is 25.3 Å². The second kappa shape index (κ2) is 6.62. The molecule has 3 rings (SSSR count). The van der Waals surface area contributed by atoms with E-state index in [-0.39, 0.29) is 11.4 Å². The molecule has 0 aliphatic carbocycles. The van der Waals surface area contributed by atoms with E-state index < -0.39 is 0 Å². The highest BCUT2D eigenvalue weighted by atomic mass is 16.5. The number of aromatic nitrogens is 1. The van der Waals surface area contributed by atoms with E-state index in [4.69, 9.17) is 9.47 Å². The van der Waals surface area contributed by atoms with Crippen LogP contribution in [0, 0.1) is 0 Å². The van der Waals surface area contributed by atoms with Gasteiger partial charge in [-0.25, -0.2) is 4.98 Å². The fourth-order valence-corrected chi connectivity index (χ4v) is 3.18. The average molecular weight is 305 g/mol. The standard InChI is InChI=1S/C16H23N3O3/c1-2-17-14-4-3-13(11-18-14)15(20)19-7-10-22-12-16(19)5-8-21-9-6-16/h3-4,11H,2,5-10,12H2,1H3,(H,17,18). The van der Waals surface area contributed by atoms with Crippen molar-refractivity contribution in [2.24, 2.45) is 0 Å². The Kier molecular flexibility index (Phi) is 4.59. The number of hydrogen-bond donors (Lipinski definition) is 1. The molecule has 2 aliphatic rings. The number of pyridine rings is 1. The Bertz CT molecular complexity index is 504. The lowest BCUT2D eigenvalue weighted by molar-refractivity contribution is -0.0977. The number of ether oxygens (including phenoxy) is 2. The zero-order valence-electron chi connectivity index (χ0n) is 13.0. The maximum atomic E-state index is 12.9. The smallest absolute Gasteiger partial charge is 0.256 e. The van der Waals surface area contributed by atoms with E-state index in [1.165, 1.54) is 0 Å². The van der Waals surface area contributed by atoms with Crippen LogP contribution in [0.3, 0.4) is 0 Å². The third kappa shape index (κ3) is 2.94. The lowest BCUT2D eigenvalue weighted by Crippen LogP contribution is -2.61. The summed E-state index contributed by atoms with van der Waals surface area (Å²) in [5.41, 5.74) is 0.419. The van der Waals surface area contributed by atoms with E-state index in [1.54, 1.807) is 6.20 Å². The van der Waals surface area contributed by atoms with Crippen LogP contribution < -0.4 is 5.32 Å². The summed E-state index contributed by atoms with van der Waals surface area (Å²) in [7, 11) is 0. The molecule has 1 amide bonds. The van der Waals surface area contributed by atoms with Crippen LogP contribution in [0.5, 0.6) is 0 Å². The van der Waals surface area contributed by atoms with E-state index in [9.17, 15) is 4.79 Å². The molecule has 6 nitrogen and oxygen atoms in total. The Morgan fingerprint density at radius 2 is 2.14 bits per heavy atom.